The largest absolute Gasteiger partial charge is 1.00 e. The summed E-state index contributed by atoms with van der Waals surface area (Å²) in [5.41, 5.74) is 3.13. The maximum absolute atomic E-state index is 12.2. The van der Waals surface area contributed by atoms with Gasteiger partial charge in [0.2, 0.25) is 0 Å². The standard InChI is InChI=1S/C13H17N2O.C9H8F3O.Li/c1-5-15(4)9-14-13-7-10(2)12(8-16)6-11(13)3;1-6-3-4-7(9(10,11)12)5-8(6)13-2;/h6-7,9H,5H2,1-4H3;3-5H,1H2,2H3;/q2*-1;+1. The molecule has 0 aliphatic carbocycles. The number of methoxy groups -OCH3 is 1. The van der Waals surface area contributed by atoms with Gasteiger partial charge in [-0.2, -0.15) is 37.8 Å². The molecule has 0 atom stereocenters. The molecule has 0 aromatic heterocycles. The maximum atomic E-state index is 12.2. The summed E-state index contributed by atoms with van der Waals surface area (Å²) in [6.45, 7) is 10.3. The zero-order valence-corrected chi connectivity index (χ0v) is 18.2. The molecule has 0 spiro atoms. The van der Waals surface area contributed by atoms with Gasteiger partial charge in [0.1, 0.15) is 0 Å². The fraction of sp³-hybridized carbons (Fsp3) is 0.318. The minimum atomic E-state index is -4.33. The molecule has 4 nitrogen and oxygen atoms in total. The minimum Gasteiger partial charge on any atom is -0.554 e. The van der Waals surface area contributed by atoms with E-state index in [1.165, 1.54) is 13.2 Å². The number of hydrogen-bond acceptors (Lipinski definition) is 3. The predicted molar refractivity (Wildman–Crippen MR) is 110 cm³/mol. The first-order valence-electron chi connectivity index (χ1n) is 8.84. The second-order valence-electron chi connectivity index (χ2n) is 6.40. The van der Waals surface area contributed by atoms with Crippen molar-refractivity contribution in [3.63, 3.8) is 0 Å². The molecule has 30 heavy (non-hydrogen) atoms. The Hall–Kier alpha value is -2.36. The molecule has 0 N–H and O–H groups in total. The molecule has 2 rings (SSSR count). The van der Waals surface area contributed by atoms with E-state index in [1.54, 1.807) is 6.34 Å². The molecule has 8 heteroatoms. The zero-order valence-electron chi connectivity index (χ0n) is 18.2. The average molecular weight is 413 g/mol. The normalized spacial score (nSPS) is 10.7. The Morgan fingerprint density at radius 1 is 1.20 bits per heavy atom. The van der Waals surface area contributed by atoms with E-state index in [-0.39, 0.29) is 24.6 Å². The third kappa shape index (κ3) is 8.17. The van der Waals surface area contributed by atoms with Gasteiger partial charge in [0.25, 0.3) is 0 Å². The van der Waals surface area contributed by atoms with Crippen LogP contribution in [0.2, 0.25) is 0 Å². The van der Waals surface area contributed by atoms with E-state index in [1.807, 2.05) is 44.2 Å². The van der Waals surface area contributed by atoms with Crippen LogP contribution in [-0.2, 0) is 11.0 Å². The fourth-order valence-corrected chi connectivity index (χ4v) is 2.21. The van der Waals surface area contributed by atoms with E-state index in [0.29, 0.717) is 11.1 Å². The van der Waals surface area contributed by atoms with Crippen LogP contribution in [0.15, 0.2) is 35.3 Å². The van der Waals surface area contributed by atoms with Gasteiger partial charge in [0.05, 0.1) is 19.7 Å². The zero-order chi connectivity index (χ0) is 22.2. The first-order valence-corrected chi connectivity index (χ1v) is 8.84. The van der Waals surface area contributed by atoms with Crippen molar-refractivity contribution in [1.29, 1.82) is 0 Å². The number of alkyl halides is 3. The van der Waals surface area contributed by atoms with Crippen molar-refractivity contribution in [3.8, 4) is 5.75 Å². The van der Waals surface area contributed by atoms with Crippen LogP contribution in [0.5, 0.6) is 5.75 Å². The van der Waals surface area contributed by atoms with Crippen molar-refractivity contribution in [2.24, 2.45) is 4.99 Å². The number of rotatable bonds is 5. The molecule has 0 aliphatic heterocycles. The van der Waals surface area contributed by atoms with Gasteiger partial charge in [0, 0.05) is 30.6 Å². The molecule has 158 valence electrons. The molecule has 0 saturated carbocycles. The van der Waals surface area contributed by atoms with Gasteiger partial charge in [-0.15, -0.1) is 17.2 Å². The Labute approximate surface area is 188 Å². The summed E-state index contributed by atoms with van der Waals surface area (Å²) in [4.78, 5) is 17.0. The van der Waals surface area contributed by atoms with E-state index < -0.39 is 11.7 Å². The molecule has 0 saturated heterocycles. The molecule has 0 bridgehead atoms. The molecule has 0 heterocycles. The summed E-state index contributed by atoms with van der Waals surface area (Å²) >= 11 is 0. The van der Waals surface area contributed by atoms with Crippen molar-refractivity contribution >= 4 is 18.3 Å². The SMILES string of the molecule is CCN(C)C=Nc1cc(C)c([C-]=O)cc1C.[CH2-]c1ccc(C(F)(F)F)cc1OC.[Li+]. The number of aliphatic imine (C=N–C) groups is 1. The number of aryl methyl sites for hydroxylation is 2. The van der Waals surface area contributed by atoms with E-state index in [2.05, 4.69) is 18.8 Å². The molecule has 0 unspecified atom stereocenters. The number of hydrogen-bond donors (Lipinski definition) is 0. The molecule has 0 radical (unpaired) electrons. The quantitative estimate of drug-likeness (QED) is 0.327. The number of nitrogens with zero attached hydrogens (tertiary/aromatic N) is 2. The molecule has 0 aliphatic rings. The first-order chi connectivity index (χ1) is 13.5. The third-order valence-corrected chi connectivity index (χ3v) is 4.16. The third-order valence-electron chi connectivity index (χ3n) is 4.16. The Morgan fingerprint density at radius 3 is 2.33 bits per heavy atom. The van der Waals surface area contributed by atoms with Crippen LogP contribution in [0.1, 0.15) is 34.7 Å². The van der Waals surface area contributed by atoms with Crippen molar-refractivity contribution < 1.29 is 41.6 Å². The van der Waals surface area contributed by atoms with Gasteiger partial charge in [-0.25, -0.2) is 4.99 Å². The van der Waals surface area contributed by atoms with Crippen LogP contribution in [0.4, 0.5) is 18.9 Å². The van der Waals surface area contributed by atoms with Crippen LogP contribution >= 0.6 is 0 Å². The second-order valence-corrected chi connectivity index (χ2v) is 6.40. The van der Waals surface area contributed by atoms with Crippen LogP contribution in [0.25, 0.3) is 0 Å². The van der Waals surface area contributed by atoms with Gasteiger partial charge in [0.15, 0.2) is 0 Å². The minimum absolute atomic E-state index is 0. The summed E-state index contributed by atoms with van der Waals surface area (Å²) in [5, 5.41) is 0. The molecule has 2 aromatic carbocycles. The van der Waals surface area contributed by atoms with E-state index in [4.69, 9.17) is 4.74 Å². The Bertz CT molecular complexity index is 868. The monoisotopic (exact) mass is 413 g/mol. The number of carbonyl (C=O) groups excluding carboxylic acids is 1. The van der Waals surface area contributed by atoms with Gasteiger partial charge in [-0.05, 0) is 13.8 Å². The van der Waals surface area contributed by atoms with E-state index >= 15 is 0 Å². The molecule has 2 aromatic rings. The molecular weight excluding hydrogens is 388 g/mol. The van der Waals surface area contributed by atoms with Gasteiger partial charge < -0.3 is 14.4 Å². The summed E-state index contributed by atoms with van der Waals surface area (Å²) < 4.78 is 41.2. The van der Waals surface area contributed by atoms with Crippen LogP contribution in [0, 0.1) is 20.8 Å². The first kappa shape index (κ1) is 27.6. The second kappa shape index (κ2) is 12.4. The Kier molecular flexibility index (Phi) is 11.4. The summed E-state index contributed by atoms with van der Waals surface area (Å²) in [6, 6.07) is 6.92. The van der Waals surface area contributed by atoms with E-state index in [9.17, 15) is 18.0 Å². The van der Waals surface area contributed by atoms with Crippen molar-refractivity contribution in [2.45, 2.75) is 26.9 Å². The van der Waals surface area contributed by atoms with Crippen LogP contribution in [-0.4, -0.2) is 38.2 Å². The predicted octanol–water partition coefficient (Wildman–Crippen LogP) is 2.27. The number of benzene rings is 2. The van der Waals surface area contributed by atoms with Crippen molar-refractivity contribution in [2.75, 3.05) is 20.7 Å². The van der Waals surface area contributed by atoms with Crippen LogP contribution in [0.3, 0.4) is 0 Å². The average Bonchev–Trinajstić information content (AvgIpc) is 2.67. The molecular formula is C22H25F3LiN2O2-. The Balaban J connectivity index is 0.000000553. The summed E-state index contributed by atoms with van der Waals surface area (Å²) in [7, 11) is 3.28. The molecule has 0 amide bonds. The smallest absolute Gasteiger partial charge is 0.554 e. The summed E-state index contributed by atoms with van der Waals surface area (Å²) in [5.74, 6) is 0.148. The molecule has 0 fully saturated rings. The number of ether oxygens (including phenoxy) is 1. The number of halogens is 3. The van der Waals surface area contributed by atoms with Gasteiger partial charge in [-0.3, -0.25) is 0 Å². The van der Waals surface area contributed by atoms with E-state index in [0.717, 1.165) is 35.5 Å². The fourth-order valence-electron chi connectivity index (χ4n) is 2.21. The maximum Gasteiger partial charge on any atom is 1.00 e. The Morgan fingerprint density at radius 2 is 1.83 bits per heavy atom. The summed E-state index contributed by atoms with van der Waals surface area (Å²) in [6.07, 6.45) is -0.608. The van der Waals surface area contributed by atoms with Gasteiger partial charge >= 0.3 is 25.0 Å². The topological polar surface area (TPSA) is 41.9 Å². The van der Waals surface area contributed by atoms with Crippen molar-refractivity contribution in [3.05, 3.63) is 65.1 Å². The van der Waals surface area contributed by atoms with Gasteiger partial charge in [-0.1, -0.05) is 24.6 Å². The van der Waals surface area contributed by atoms with Crippen molar-refractivity contribution in [1.82, 2.24) is 4.90 Å². The van der Waals surface area contributed by atoms with Crippen LogP contribution < -0.4 is 23.6 Å².